The van der Waals surface area contributed by atoms with Crippen LogP contribution in [0.1, 0.15) is 27.2 Å². The molecule has 1 aromatic heterocycles. The number of carbonyl (C=O) groups is 2. The van der Waals surface area contributed by atoms with Gasteiger partial charge in [-0.15, -0.1) is 11.3 Å². The van der Waals surface area contributed by atoms with Crippen LogP contribution in [0.2, 0.25) is 0 Å². The number of nitrogens with one attached hydrogen (secondary N) is 1. The van der Waals surface area contributed by atoms with Crippen LogP contribution in [0.25, 0.3) is 0 Å². The second kappa shape index (κ2) is 6.15. The first-order valence-corrected chi connectivity index (χ1v) is 7.53. The molecule has 0 atom stereocenters. The number of aryl methyl sites for hydroxylation is 1. The second-order valence-electron chi connectivity index (χ2n) is 5.15. The summed E-state index contributed by atoms with van der Waals surface area (Å²) in [6.07, 6.45) is -5.17. The number of halogens is 7. The summed E-state index contributed by atoms with van der Waals surface area (Å²) in [5.74, 6) is -16.5. The molecule has 12 heteroatoms. The molecule has 0 unspecified atom stereocenters. The van der Waals surface area contributed by atoms with Crippen molar-refractivity contribution in [3.63, 3.8) is 0 Å². The Labute approximate surface area is 139 Å². The van der Waals surface area contributed by atoms with Crippen molar-refractivity contribution in [2.45, 2.75) is 37.3 Å². The maximum atomic E-state index is 13.4. The lowest BCUT2D eigenvalue weighted by Crippen LogP contribution is -2.57. The van der Waals surface area contributed by atoms with Crippen molar-refractivity contribution < 1.29 is 45.1 Å². The van der Waals surface area contributed by atoms with Gasteiger partial charge in [0.2, 0.25) is 0 Å². The number of esters is 1. The highest BCUT2D eigenvalue weighted by Gasteiger charge is 2.76. The van der Waals surface area contributed by atoms with Gasteiger partial charge < -0.3 is 10.1 Å². The van der Waals surface area contributed by atoms with Crippen molar-refractivity contribution >= 4 is 28.2 Å². The fourth-order valence-corrected chi connectivity index (χ4v) is 3.58. The van der Waals surface area contributed by atoms with Gasteiger partial charge in [-0.3, -0.25) is 4.79 Å². The van der Waals surface area contributed by atoms with Gasteiger partial charge in [-0.25, -0.2) is 4.79 Å². The Morgan fingerprint density at radius 1 is 1.08 bits per heavy atom. The molecule has 25 heavy (non-hydrogen) atoms. The van der Waals surface area contributed by atoms with E-state index in [1.807, 2.05) is 0 Å². The molecule has 0 spiro atoms. The molecule has 0 saturated carbocycles. The number of carbonyl (C=O) groups excluding carboxylic acids is 2. The molecule has 0 bridgehead atoms. The Balaban J connectivity index is 2.37. The van der Waals surface area contributed by atoms with Gasteiger partial charge in [-0.1, -0.05) is 0 Å². The second-order valence-corrected chi connectivity index (χ2v) is 6.26. The minimum absolute atomic E-state index is 0.306. The summed E-state index contributed by atoms with van der Waals surface area (Å²) in [4.78, 5) is 23.7. The van der Waals surface area contributed by atoms with Crippen LogP contribution in [0.3, 0.4) is 0 Å². The number of alkyl halides is 7. The predicted octanol–water partition coefficient (Wildman–Crippen LogP) is 3.79. The lowest BCUT2D eigenvalue weighted by atomic mass is 10.1. The number of amides is 1. The monoisotopic (exact) mass is 393 g/mol. The van der Waals surface area contributed by atoms with Crippen LogP contribution in [0.5, 0.6) is 0 Å². The van der Waals surface area contributed by atoms with Gasteiger partial charge in [0.1, 0.15) is 5.00 Å². The number of rotatable bonds is 4. The van der Waals surface area contributed by atoms with Gasteiger partial charge in [0.05, 0.1) is 12.7 Å². The van der Waals surface area contributed by atoms with Gasteiger partial charge >= 0.3 is 29.9 Å². The summed E-state index contributed by atoms with van der Waals surface area (Å²) in [7, 11) is 0.972. The van der Waals surface area contributed by atoms with Crippen molar-refractivity contribution in [3.05, 3.63) is 16.0 Å². The molecule has 4 nitrogen and oxygen atoms in total. The summed E-state index contributed by atoms with van der Waals surface area (Å²) in [5, 5.41) is 0.780. The third kappa shape index (κ3) is 3.07. The highest BCUT2D eigenvalue weighted by Crippen LogP contribution is 2.47. The first-order valence-electron chi connectivity index (χ1n) is 6.71. The largest absolute Gasteiger partial charge is 0.465 e. The maximum absolute atomic E-state index is 13.4. The lowest BCUT2D eigenvalue weighted by molar-refractivity contribution is -0.343. The van der Waals surface area contributed by atoms with Crippen molar-refractivity contribution in [1.29, 1.82) is 0 Å². The van der Waals surface area contributed by atoms with Crippen molar-refractivity contribution in [1.82, 2.24) is 0 Å². The molecule has 0 aliphatic heterocycles. The molecule has 140 valence electrons. The lowest BCUT2D eigenvalue weighted by Gasteiger charge is -2.26. The van der Waals surface area contributed by atoms with E-state index in [0.29, 0.717) is 41.0 Å². The molecule has 2 rings (SSSR count). The Kier molecular flexibility index (Phi) is 4.79. The first kappa shape index (κ1) is 19.5. The normalized spacial score (nSPS) is 15.0. The zero-order valence-corrected chi connectivity index (χ0v) is 13.2. The summed E-state index contributed by atoms with van der Waals surface area (Å²) in [6.45, 7) is 0. The number of hydrogen-bond acceptors (Lipinski definition) is 4. The van der Waals surface area contributed by atoms with Crippen LogP contribution < -0.4 is 5.32 Å². The average molecular weight is 393 g/mol. The molecule has 1 heterocycles. The van der Waals surface area contributed by atoms with E-state index >= 15 is 0 Å². The summed E-state index contributed by atoms with van der Waals surface area (Å²) in [5.41, 5.74) is 0.0949. The minimum Gasteiger partial charge on any atom is -0.465 e. The molecule has 0 saturated heterocycles. The molecule has 1 amide bonds. The van der Waals surface area contributed by atoms with E-state index in [1.165, 1.54) is 5.32 Å². The molecule has 0 fully saturated rings. The average Bonchev–Trinajstić information content (AvgIpc) is 3.05. The van der Waals surface area contributed by atoms with Crippen LogP contribution in [0, 0.1) is 0 Å². The smallest absolute Gasteiger partial charge is 0.460 e. The zero-order chi connectivity index (χ0) is 19.2. The van der Waals surface area contributed by atoms with Gasteiger partial charge in [-0.2, -0.15) is 30.7 Å². The molecular formula is C13H10F7NO3S. The van der Waals surface area contributed by atoms with E-state index in [9.17, 15) is 40.3 Å². The maximum Gasteiger partial charge on any atom is 0.460 e. The van der Waals surface area contributed by atoms with Gasteiger partial charge in [0.15, 0.2) is 0 Å². The molecule has 0 radical (unpaired) electrons. The number of hydrogen-bond donors (Lipinski definition) is 1. The van der Waals surface area contributed by atoms with E-state index < -0.39 is 34.9 Å². The van der Waals surface area contributed by atoms with E-state index in [2.05, 4.69) is 4.74 Å². The molecule has 0 aromatic carbocycles. The number of methoxy groups -OCH3 is 1. The molecule has 1 aromatic rings. The SMILES string of the molecule is COC(=O)c1c(NC(=O)C(F)(F)C(F)(F)C(F)(F)F)sc2c1CCC2. The quantitative estimate of drug-likeness (QED) is 0.626. The van der Waals surface area contributed by atoms with Gasteiger partial charge in [-0.05, 0) is 24.8 Å². The molecule has 1 aliphatic carbocycles. The van der Waals surface area contributed by atoms with Crippen LogP contribution in [0.15, 0.2) is 0 Å². The first-order chi connectivity index (χ1) is 11.3. The fraction of sp³-hybridized carbons (Fsp3) is 0.538. The standard InChI is InChI=1S/C13H10F7NO3S/c1-24-9(22)7-5-3-2-4-6(5)25-8(7)21-10(23)11(14,15)12(16,17)13(18,19)20/h2-4H2,1H3,(H,21,23). The summed E-state index contributed by atoms with van der Waals surface area (Å²) in [6, 6.07) is 0. The van der Waals surface area contributed by atoms with E-state index in [4.69, 9.17) is 0 Å². The summed E-state index contributed by atoms with van der Waals surface area (Å²) < 4.78 is 93.5. The highest BCUT2D eigenvalue weighted by atomic mass is 32.1. The summed E-state index contributed by atoms with van der Waals surface area (Å²) >= 11 is 0.663. The predicted molar refractivity (Wildman–Crippen MR) is 72.3 cm³/mol. The third-order valence-electron chi connectivity index (χ3n) is 3.57. The zero-order valence-electron chi connectivity index (χ0n) is 12.4. The number of thiophene rings is 1. The fourth-order valence-electron chi connectivity index (χ4n) is 2.31. The number of anilines is 1. The molecular weight excluding hydrogens is 383 g/mol. The van der Waals surface area contributed by atoms with Gasteiger partial charge in [0, 0.05) is 4.88 Å². The van der Waals surface area contributed by atoms with Crippen molar-refractivity contribution in [2.24, 2.45) is 0 Å². The van der Waals surface area contributed by atoms with Crippen molar-refractivity contribution in [2.75, 3.05) is 12.4 Å². The minimum atomic E-state index is -6.63. The molecule has 1 aliphatic rings. The Morgan fingerprint density at radius 3 is 2.20 bits per heavy atom. The Bertz CT molecular complexity index is 711. The number of fused-ring (bicyclic) bond motifs is 1. The number of ether oxygens (including phenoxy) is 1. The van der Waals surface area contributed by atoms with Crippen LogP contribution in [-0.4, -0.2) is 37.0 Å². The van der Waals surface area contributed by atoms with E-state index in [-0.39, 0.29) is 5.56 Å². The molecule has 1 N–H and O–H groups in total. The Hall–Kier alpha value is -1.85. The Morgan fingerprint density at radius 2 is 1.68 bits per heavy atom. The highest BCUT2D eigenvalue weighted by molar-refractivity contribution is 7.17. The van der Waals surface area contributed by atoms with Gasteiger partial charge in [0.25, 0.3) is 0 Å². The van der Waals surface area contributed by atoms with Crippen LogP contribution in [-0.2, 0) is 22.4 Å². The van der Waals surface area contributed by atoms with Crippen molar-refractivity contribution in [3.8, 4) is 0 Å². The van der Waals surface area contributed by atoms with E-state index in [0.717, 1.165) is 7.11 Å². The third-order valence-corrected chi connectivity index (χ3v) is 4.78. The van der Waals surface area contributed by atoms with Crippen LogP contribution >= 0.6 is 11.3 Å². The van der Waals surface area contributed by atoms with E-state index in [1.54, 1.807) is 0 Å². The van der Waals surface area contributed by atoms with Crippen LogP contribution in [0.4, 0.5) is 35.7 Å². The topological polar surface area (TPSA) is 55.4 Å².